The largest absolute Gasteiger partial charge is 0.467 e. The summed E-state index contributed by atoms with van der Waals surface area (Å²) in [5, 5.41) is 0.548. The molecule has 3 rings (SSSR count). The molecule has 0 aliphatic carbocycles. The van der Waals surface area contributed by atoms with Crippen molar-refractivity contribution in [1.29, 1.82) is 0 Å². The summed E-state index contributed by atoms with van der Waals surface area (Å²) in [6, 6.07) is 13.0. The Morgan fingerprint density at radius 3 is 2.31 bits per heavy atom. The molecule has 0 bridgehead atoms. The maximum absolute atomic E-state index is 13.1. The molecule has 1 aliphatic heterocycles. The number of rotatable bonds is 5. The van der Waals surface area contributed by atoms with Crippen LogP contribution in [0.2, 0.25) is 10.0 Å². The van der Waals surface area contributed by atoms with Crippen LogP contribution in [0.15, 0.2) is 60.2 Å². The van der Waals surface area contributed by atoms with Crippen LogP contribution >= 0.6 is 23.2 Å². The SMILES string of the molecule is BC(B)(c1ccccc1)S(=O)(=O)OC1=C(N)O[C@](B)(c2ccc(Cl)cc2Cl)C1=O. The van der Waals surface area contributed by atoms with Crippen molar-refractivity contribution in [3.63, 3.8) is 0 Å². The van der Waals surface area contributed by atoms with E-state index in [1.165, 1.54) is 41.7 Å². The molecule has 0 saturated heterocycles. The normalized spacial score (nSPS) is 19.9. The Morgan fingerprint density at radius 1 is 1.10 bits per heavy atom. The number of Topliss-reactive ketones (excluding diaryl/α,β-unsaturated/α-hetero) is 1. The molecule has 2 aromatic rings. The highest BCUT2D eigenvalue weighted by Crippen LogP contribution is 2.40. The number of carbonyl (C=O) groups excluding carboxylic acids is 1. The molecular weight excluding hydrogens is 434 g/mol. The molecule has 1 heterocycles. The summed E-state index contributed by atoms with van der Waals surface area (Å²) in [5.41, 5.74) is 4.97. The van der Waals surface area contributed by atoms with E-state index in [2.05, 4.69) is 0 Å². The second kappa shape index (κ2) is 7.34. The van der Waals surface area contributed by atoms with Crippen LogP contribution in [0.25, 0.3) is 0 Å². The topological polar surface area (TPSA) is 95.7 Å². The van der Waals surface area contributed by atoms with Gasteiger partial charge in [0.2, 0.25) is 17.4 Å². The van der Waals surface area contributed by atoms with Crippen LogP contribution in [0.5, 0.6) is 0 Å². The number of nitrogens with two attached hydrogens (primary N) is 1. The van der Waals surface area contributed by atoms with Gasteiger partial charge in [0.1, 0.15) is 15.7 Å². The second-order valence-corrected chi connectivity index (χ2v) is 10.1. The van der Waals surface area contributed by atoms with Crippen LogP contribution in [0.3, 0.4) is 0 Å². The fourth-order valence-corrected chi connectivity index (χ4v) is 4.57. The van der Waals surface area contributed by atoms with E-state index in [0.717, 1.165) is 0 Å². The molecule has 0 saturated carbocycles. The van der Waals surface area contributed by atoms with Gasteiger partial charge in [-0.25, -0.2) is 0 Å². The smallest absolute Gasteiger partial charge is 0.304 e. The Balaban J connectivity index is 1.96. The molecule has 2 N–H and O–H groups in total. The second-order valence-electron chi connectivity index (χ2n) is 7.20. The first-order chi connectivity index (χ1) is 13.4. The van der Waals surface area contributed by atoms with Crippen LogP contribution in [-0.4, -0.2) is 37.7 Å². The zero-order valence-electron chi connectivity index (χ0n) is 15.9. The fraction of sp³-hybridized carbons (Fsp3) is 0.118. The van der Waals surface area contributed by atoms with E-state index in [1.54, 1.807) is 30.3 Å². The van der Waals surface area contributed by atoms with Gasteiger partial charge in [-0.3, -0.25) is 4.79 Å². The first-order valence-corrected chi connectivity index (χ1v) is 10.8. The fourth-order valence-electron chi connectivity index (χ4n) is 2.97. The molecule has 12 heteroatoms. The highest BCUT2D eigenvalue weighted by Gasteiger charge is 2.51. The first-order valence-electron chi connectivity index (χ1n) is 8.59. The monoisotopic (exact) mass is 449 g/mol. The standard InChI is InChI=1S/C17H16B3Cl2NO5S/c18-16(11-7-6-10(21)8-12(11)22)14(24)13(15(23)27-16)28-29(25,26)17(19,20)9-4-2-1-3-5-9/h1-8H,18-20,23H2/t16-/m1/s1. The maximum Gasteiger partial charge on any atom is 0.304 e. The molecule has 29 heavy (non-hydrogen) atoms. The lowest BCUT2D eigenvalue weighted by Gasteiger charge is -2.26. The summed E-state index contributed by atoms with van der Waals surface area (Å²) in [5.74, 6) is -1.77. The van der Waals surface area contributed by atoms with Gasteiger partial charge in [0, 0.05) is 15.6 Å². The maximum atomic E-state index is 13.1. The minimum absolute atomic E-state index is 0.176. The van der Waals surface area contributed by atoms with Gasteiger partial charge in [-0.2, -0.15) is 8.42 Å². The van der Waals surface area contributed by atoms with Crippen molar-refractivity contribution in [2.45, 2.75) is 10.0 Å². The molecule has 1 atom stereocenters. The summed E-state index contributed by atoms with van der Waals surface area (Å²) < 4.78 is 35.3. The van der Waals surface area contributed by atoms with Crippen LogP contribution in [0.4, 0.5) is 0 Å². The number of benzene rings is 2. The third-order valence-electron chi connectivity index (χ3n) is 4.91. The number of ketones is 1. The van der Waals surface area contributed by atoms with Crippen molar-refractivity contribution in [2.75, 3.05) is 0 Å². The van der Waals surface area contributed by atoms with E-state index in [9.17, 15) is 13.2 Å². The van der Waals surface area contributed by atoms with Crippen molar-refractivity contribution in [3.05, 3.63) is 81.3 Å². The Morgan fingerprint density at radius 2 is 1.72 bits per heavy atom. The third-order valence-corrected chi connectivity index (χ3v) is 7.33. The Kier molecular flexibility index (Phi) is 5.49. The zero-order valence-corrected chi connectivity index (χ0v) is 18.2. The lowest BCUT2D eigenvalue weighted by atomic mass is 9.65. The summed E-state index contributed by atoms with van der Waals surface area (Å²) in [4.78, 5) is 13.1. The highest BCUT2D eigenvalue weighted by atomic mass is 35.5. The van der Waals surface area contributed by atoms with Gasteiger partial charge in [0.05, 0.1) is 4.55 Å². The van der Waals surface area contributed by atoms with Crippen LogP contribution in [0, 0.1) is 0 Å². The van der Waals surface area contributed by atoms with E-state index in [1.807, 2.05) is 0 Å². The van der Waals surface area contributed by atoms with Crippen molar-refractivity contribution < 1.29 is 22.1 Å². The predicted molar refractivity (Wildman–Crippen MR) is 119 cm³/mol. The molecule has 0 fully saturated rings. The molecule has 0 unspecified atom stereocenters. The molecule has 2 aromatic carbocycles. The number of hydrogen-bond donors (Lipinski definition) is 1. The minimum atomic E-state index is -4.30. The lowest BCUT2D eigenvalue weighted by molar-refractivity contribution is -0.126. The van der Waals surface area contributed by atoms with Gasteiger partial charge < -0.3 is 14.7 Å². The van der Waals surface area contributed by atoms with E-state index in [4.69, 9.17) is 37.9 Å². The van der Waals surface area contributed by atoms with E-state index in [-0.39, 0.29) is 10.6 Å². The predicted octanol–water partition coefficient (Wildman–Crippen LogP) is -0.0705. The Bertz CT molecular complexity index is 1130. The van der Waals surface area contributed by atoms with Gasteiger partial charge in [0.25, 0.3) is 0 Å². The molecule has 0 amide bonds. The van der Waals surface area contributed by atoms with Crippen molar-refractivity contribution in [1.82, 2.24) is 0 Å². The summed E-state index contributed by atoms with van der Waals surface area (Å²) >= 11 is 12.1. The van der Waals surface area contributed by atoms with Crippen molar-refractivity contribution >= 4 is 62.6 Å². The number of ether oxygens (including phenoxy) is 1. The summed E-state index contributed by atoms with van der Waals surface area (Å²) in [6.45, 7) is 0. The molecule has 1 aliphatic rings. The number of hydrogen-bond acceptors (Lipinski definition) is 6. The quantitative estimate of drug-likeness (QED) is 0.507. The van der Waals surface area contributed by atoms with E-state index in [0.29, 0.717) is 10.6 Å². The molecule has 0 spiro atoms. The van der Waals surface area contributed by atoms with E-state index >= 15 is 0 Å². The molecule has 0 aromatic heterocycles. The zero-order chi connectivity index (χ0) is 21.6. The Hall–Kier alpha value is -2.03. The lowest BCUT2D eigenvalue weighted by Crippen LogP contribution is -2.40. The summed E-state index contributed by atoms with van der Waals surface area (Å²) in [6.07, 6.45) is 0. The molecular formula is C17H16B3Cl2NO5S. The average molecular weight is 450 g/mol. The van der Waals surface area contributed by atoms with Crippen molar-refractivity contribution in [3.8, 4) is 0 Å². The Labute approximate surface area is 181 Å². The first kappa shape index (κ1) is 21.7. The van der Waals surface area contributed by atoms with Crippen molar-refractivity contribution in [2.24, 2.45) is 5.73 Å². The third kappa shape index (κ3) is 3.65. The highest BCUT2D eigenvalue weighted by molar-refractivity contribution is 7.90. The number of halogens is 2. The van der Waals surface area contributed by atoms with Gasteiger partial charge in [0.15, 0.2) is 13.3 Å². The van der Waals surface area contributed by atoms with Gasteiger partial charge >= 0.3 is 10.1 Å². The molecule has 0 radical (unpaired) electrons. The molecule has 6 nitrogen and oxygen atoms in total. The average Bonchev–Trinajstić information content (AvgIpc) is 2.85. The van der Waals surface area contributed by atoms with Crippen LogP contribution in [0.1, 0.15) is 11.1 Å². The summed E-state index contributed by atoms with van der Waals surface area (Å²) in [7, 11) is 0.0813. The van der Waals surface area contributed by atoms with Gasteiger partial charge in [-0.15, -0.1) is 0 Å². The number of carbonyl (C=O) groups is 1. The van der Waals surface area contributed by atoms with Crippen LogP contribution in [-0.2, 0) is 33.9 Å². The van der Waals surface area contributed by atoms with Gasteiger partial charge in [-0.1, -0.05) is 59.6 Å². The molecule has 148 valence electrons. The minimum Gasteiger partial charge on any atom is -0.467 e. The van der Waals surface area contributed by atoms with E-state index < -0.39 is 37.6 Å². The van der Waals surface area contributed by atoms with Gasteiger partial charge in [-0.05, 0) is 17.7 Å². The van der Waals surface area contributed by atoms with Crippen LogP contribution < -0.4 is 5.73 Å².